The zero-order valence-electron chi connectivity index (χ0n) is 15.5. The van der Waals surface area contributed by atoms with Crippen LogP contribution in [-0.4, -0.2) is 36.6 Å². The molecule has 0 bridgehead atoms. The van der Waals surface area contributed by atoms with Gasteiger partial charge in [-0.3, -0.25) is 4.79 Å². The Bertz CT molecular complexity index is 840. The van der Waals surface area contributed by atoms with Gasteiger partial charge in [-0.15, -0.1) is 0 Å². The van der Waals surface area contributed by atoms with Crippen LogP contribution in [-0.2, 0) is 22.4 Å². The highest BCUT2D eigenvalue weighted by Crippen LogP contribution is 2.71. The first-order valence-corrected chi connectivity index (χ1v) is 10.4. The molecule has 4 fully saturated rings. The smallest absolute Gasteiger partial charge is 0.404 e. The standard InChI is InChI=1S/C22H26N2O3/c23-21(26)27-11-22-7-15(18(22)8-22)20(25)24-9-16-17(10-24)19(16)14-5-4-12-2-1-3-13(12)6-14/h4-6,15-19H,1-3,7-11H2,(H2,23,26)/t15-,16-,17+,18?,19?,22-/m1/s1. The highest BCUT2D eigenvalue weighted by Gasteiger charge is 2.70. The Morgan fingerprint density at radius 1 is 1.15 bits per heavy atom. The third kappa shape index (κ3) is 2.29. The van der Waals surface area contributed by atoms with Crippen LogP contribution < -0.4 is 5.73 Å². The molecular formula is C22H26N2O3. The van der Waals surface area contributed by atoms with Crippen molar-refractivity contribution in [3.8, 4) is 0 Å². The van der Waals surface area contributed by atoms with Crippen LogP contribution >= 0.6 is 0 Å². The van der Waals surface area contributed by atoms with E-state index in [1.165, 1.54) is 24.8 Å². The molecule has 2 amide bonds. The van der Waals surface area contributed by atoms with Crippen LogP contribution in [0.4, 0.5) is 4.79 Å². The highest BCUT2D eigenvalue weighted by atomic mass is 16.5. The fourth-order valence-corrected chi connectivity index (χ4v) is 6.54. The molecular weight excluding hydrogens is 340 g/mol. The average Bonchev–Trinajstić information content (AvgIpc) is 3.25. The van der Waals surface area contributed by atoms with Crippen LogP contribution in [0.15, 0.2) is 18.2 Å². The lowest BCUT2D eigenvalue weighted by Gasteiger charge is -2.36. The van der Waals surface area contributed by atoms with E-state index in [4.69, 9.17) is 10.5 Å². The van der Waals surface area contributed by atoms with E-state index >= 15 is 0 Å². The molecule has 2 N–H and O–H groups in total. The van der Waals surface area contributed by atoms with Crippen molar-refractivity contribution in [1.82, 2.24) is 4.90 Å². The van der Waals surface area contributed by atoms with Crippen molar-refractivity contribution < 1.29 is 14.3 Å². The molecule has 0 spiro atoms. The van der Waals surface area contributed by atoms with E-state index in [0.29, 0.717) is 36.2 Å². The molecule has 1 aromatic rings. The van der Waals surface area contributed by atoms with Gasteiger partial charge in [-0.25, -0.2) is 4.79 Å². The predicted molar refractivity (Wildman–Crippen MR) is 99.0 cm³/mol. The number of likely N-dealkylation sites (tertiary alicyclic amines) is 1. The van der Waals surface area contributed by atoms with Crippen LogP contribution in [0.1, 0.15) is 41.9 Å². The highest BCUT2D eigenvalue weighted by molar-refractivity contribution is 5.82. The van der Waals surface area contributed by atoms with Crippen molar-refractivity contribution >= 4 is 12.0 Å². The molecule has 5 nitrogen and oxygen atoms in total. The molecule has 1 saturated heterocycles. The van der Waals surface area contributed by atoms with Crippen LogP contribution in [0.5, 0.6) is 0 Å². The van der Waals surface area contributed by atoms with Gasteiger partial charge in [-0.2, -0.15) is 0 Å². The van der Waals surface area contributed by atoms with Crippen molar-refractivity contribution in [2.24, 2.45) is 34.8 Å². The number of rotatable bonds is 4. The number of fused-ring (bicyclic) bond motifs is 3. The van der Waals surface area contributed by atoms with Crippen LogP contribution in [0.2, 0.25) is 0 Å². The number of carbonyl (C=O) groups is 2. The Morgan fingerprint density at radius 3 is 2.67 bits per heavy atom. The van der Waals surface area contributed by atoms with Gasteiger partial charge in [-0.1, -0.05) is 18.2 Å². The molecule has 0 radical (unpaired) electrons. The van der Waals surface area contributed by atoms with E-state index in [0.717, 1.165) is 25.9 Å². The van der Waals surface area contributed by atoms with E-state index in [1.807, 2.05) is 0 Å². The number of ether oxygens (including phenoxy) is 1. The van der Waals surface area contributed by atoms with Gasteiger partial charge in [0.2, 0.25) is 5.91 Å². The van der Waals surface area contributed by atoms with E-state index < -0.39 is 6.09 Å². The van der Waals surface area contributed by atoms with Crippen LogP contribution in [0, 0.1) is 29.1 Å². The summed E-state index contributed by atoms with van der Waals surface area (Å²) in [6.07, 6.45) is 4.94. The first kappa shape index (κ1) is 16.0. The molecule has 2 unspecified atom stereocenters. The molecule has 142 valence electrons. The summed E-state index contributed by atoms with van der Waals surface area (Å²) in [7, 11) is 0. The van der Waals surface area contributed by atoms with Gasteiger partial charge in [0.15, 0.2) is 0 Å². The van der Waals surface area contributed by atoms with Gasteiger partial charge in [0.05, 0.1) is 6.61 Å². The maximum Gasteiger partial charge on any atom is 0.404 e. The van der Waals surface area contributed by atoms with E-state index in [2.05, 4.69) is 23.1 Å². The molecule has 3 saturated carbocycles. The molecule has 6 atom stereocenters. The number of aryl methyl sites for hydroxylation is 2. The molecule has 4 aliphatic carbocycles. The Labute approximate surface area is 159 Å². The SMILES string of the molecule is NC(=O)OC[C@@]12CC1[C@H](C(=O)N1C[C@@H]3C(c4ccc5c(c4)CCC5)[C@@H]3C1)C2. The second-order valence-corrected chi connectivity index (χ2v) is 9.57. The minimum Gasteiger partial charge on any atom is -0.449 e. The summed E-state index contributed by atoms with van der Waals surface area (Å²) < 4.78 is 4.98. The summed E-state index contributed by atoms with van der Waals surface area (Å²) >= 11 is 0. The van der Waals surface area contributed by atoms with Gasteiger partial charge >= 0.3 is 6.09 Å². The first-order valence-electron chi connectivity index (χ1n) is 10.4. The number of piperidine rings is 1. The van der Waals surface area contributed by atoms with E-state index in [-0.39, 0.29) is 11.3 Å². The lowest BCUT2D eigenvalue weighted by molar-refractivity contribution is -0.140. The number of primary amides is 1. The second-order valence-electron chi connectivity index (χ2n) is 9.57. The predicted octanol–water partition coefficient (Wildman–Crippen LogP) is 2.47. The molecule has 1 heterocycles. The lowest BCUT2D eigenvalue weighted by atomic mass is 9.74. The third-order valence-electron chi connectivity index (χ3n) is 8.20. The van der Waals surface area contributed by atoms with Crippen molar-refractivity contribution in [3.05, 3.63) is 34.9 Å². The fourth-order valence-electron chi connectivity index (χ4n) is 6.54. The molecule has 1 aromatic carbocycles. The summed E-state index contributed by atoms with van der Waals surface area (Å²) in [4.78, 5) is 25.8. The zero-order chi connectivity index (χ0) is 18.3. The quantitative estimate of drug-likeness (QED) is 0.890. The maximum absolute atomic E-state index is 12.9. The molecule has 27 heavy (non-hydrogen) atoms. The van der Waals surface area contributed by atoms with Crippen molar-refractivity contribution in [3.63, 3.8) is 0 Å². The number of nitrogens with zero attached hydrogens (tertiary/aromatic N) is 1. The van der Waals surface area contributed by atoms with Crippen LogP contribution in [0.3, 0.4) is 0 Å². The minimum atomic E-state index is -0.706. The summed E-state index contributed by atoms with van der Waals surface area (Å²) in [6, 6.07) is 7.12. The van der Waals surface area contributed by atoms with Gasteiger partial charge in [-0.05, 0) is 72.5 Å². The van der Waals surface area contributed by atoms with Gasteiger partial charge < -0.3 is 15.4 Å². The van der Waals surface area contributed by atoms with Crippen LogP contribution in [0.25, 0.3) is 0 Å². The summed E-state index contributed by atoms with van der Waals surface area (Å²) in [5, 5.41) is 0. The largest absolute Gasteiger partial charge is 0.449 e. The zero-order valence-corrected chi connectivity index (χ0v) is 15.5. The summed E-state index contributed by atoms with van der Waals surface area (Å²) in [5.74, 6) is 2.90. The van der Waals surface area contributed by atoms with Gasteiger partial charge in [0, 0.05) is 24.4 Å². The summed E-state index contributed by atoms with van der Waals surface area (Å²) in [6.45, 7) is 2.25. The Kier molecular flexibility index (Phi) is 3.12. The Morgan fingerprint density at radius 2 is 1.93 bits per heavy atom. The van der Waals surface area contributed by atoms with Crippen molar-refractivity contribution in [2.75, 3.05) is 19.7 Å². The number of benzene rings is 1. The van der Waals surface area contributed by atoms with E-state index in [1.54, 1.807) is 11.1 Å². The first-order chi connectivity index (χ1) is 13.1. The maximum atomic E-state index is 12.9. The topological polar surface area (TPSA) is 72.6 Å². The fraction of sp³-hybridized carbons (Fsp3) is 0.636. The minimum absolute atomic E-state index is 0.0744. The Balaban J connectivity index is 1.05. The second kappa shape index (κ2) is 5.27. The molecule has 5 aliphatic rings. The number of hydrogen-bond donors (Lipinski definition) is 1. The average molecular weight is 366 g/mol. The van der Waals surface area contributed by atoms with E-state index in [9.17, 15) is 9.59 Å². The van der Waals surface area contributed by atoms with Gasteiger partial charge in [0.25, 0.3) is 0 Å². The van der Waals surface area contributed by atoms with Crippen molar-refractivity contribution in [1.29, 1.82) is 0 Å². The van der Waals surface area contributed by atoms with Crippen molar-refractivity contribution in [2.45, 2.75) is 38.0 Å². The molecule has 6 rings (SSSR count). The molecule has 5 heteroatoms. The molecule has 0 aromatic heterocycles. The molecule has 1 aliphatic heterocycles. The summed E-state index contributed by atoms with van der Waals surface area (Å²) in [5.41, 5.74) is 9.75. The Hall–Kier alpha value is -2.04. The number of hydrogen-bond acceptors (Lipinski definition) is 3. The number of nitrogens with two attached hydrogens (primary N) is 1. The lowest BCUT2D eigenvalue weighted by Crippen LogP contribution is -2.44. The number of carbonyl (C=O) groups excluding carboxylic acids is 2. The third-order valence-corrected chi connectivity index (χ3v) is 8.20. The normalized spacial score (nSPS) is 39.9. The van der Waals surface area contributed by atoms with Gasteiger partial charge in [0.1, 0.15) is 0 Å². The monoisotopic (exact) mass is 366 g/mol. The number of amides is 2.